The van der Waals surface area contributed by atoms with Gasteiger partial charge in [0.1, 0.15) is 11.5 Å². The Morgan fingerprint density at radius 3 is 2.00 bits per heavy atom. The van der Waals surface area contributed by atoms with E-state index in [1.807, 2.05) is 0 Å². The summed E-state index contributed by atoms with van der Waals surface area (Å²) in [6.45, 7) is -0.114. The minimum absolute atomic E-state index is 0.114. The molecular formula is C23H28O5. The molecule has 0 amide bonds. The van der Waals surface area contributed by atoms with Crippen molar-refractivity contribution in [3.8, 4) is 11.5 Å². The summed E-state index contributed by atoms with van der Waals surface area (Å²) in [4.78, 5) is 25.0. The summed E-state index contributed by atoms with van der Waals surface area (Å²) in [7, 11) is 3.15. The number of hydrogen-bond acceptors (Lipinski definition) is 5. The monoisotopic (exact) mass is 384 g/mol. The third-order valence-electron chi connectivity index (χ3n) is 6.76. The molecule has 150 valence electrons. The van der Waals surface area contributed by atoms with Crippen molar-refractivity contribution in [3.05, 3.63) is 29.8 Å². The van der Waals surface area contributed by atoms with Crippen LogP contribution < -0.4 is 9.47 Å². The van der Waals surface area contributed by atoms with Crippen molar-refractivity contribution >= 4 is 17.8 Å². The maximum absolute atomic E-state index is 12.9. The quantitative estimate of drug-likeness (QED) is 0.524. The van der Waals surface area contributed by atoms with E-state index in [2.05, 4.69) is 0 Å². The molecule has 5 heteroatoms. The smallest absolute Gasteiger partial charge is 0.331 e. The number of ether oxygens (including phenoxy) is 3. The summed E-state index contributed by atoms with van der Waals surface area (Å²) in [5, 5.41) is 0. The normalized spacial score (nSPS) is 30.4. The van der Waals surface area contributed by atoms with Crippen LogP contribution in [-0.2, 0) is 14.3 Å². The second-order valence-electron chi connectivity index (χ2n) is 8.71. The van der Waals surface area contributed by atoms with Gasteiger partial charge in [0.05, 0.1) is 14.2 Å². The molecule has 0 spiro atoms. The molecule has 28 heavy (non-hydrogen) atoms. The standard InChI is InChI=1S/C23H28O5/c1-26-19-8-15(9-20(10-19)27-2)3-4-22(25)28-14-21(24)23-11-16-5-17(12-23)7-18(6-16)13-23/h3-4,8-10,16-18H,5-7,11-14H2,1-2H3/b4-3+. The van der Waals surface area contributed by atoms with Gasteiger partial charge in [-0.05, 0) is 80.1 Å². The van der Waals surface area contributed by atoms with Gasteiger partial charge < -0.3 is 14.2 Å². The first kappa shape index (κ1) is 19.0. The van der Waals surface area contributed by atoms with Crippen molar-refractivity contribution < 1.29 is 23.8 Å². The van der Waals surface area contributed by atoms with Crippen LogP contribution in [0.5, 0.6) is 11.5 Å². The number of carbonyl (C=O) groups excluding carboxylic acids is 2. The van der Waals surface area contributed by atoms with Crippen LogP contribution in [0.25, 0.3) is 6.08 Å². The lowest BCUT2D eigenvalue weighted by Crippen LogP contribution is -2.51. The Balaban J connectivity index is 1.35. The summed E-state index contributed by atoms with van der Waals surface area (Å²) in [6, 6.07) is 5.36. The van der Waals surface area contributed by atoms with Crippen molar-refractivity contribution in [1.82, 2.24) is 0 Å². The van der Waals surface area contributed by atoms with Crippen LogP contribution in [-0.4, -0.2) is 32.6 Å². The van der Waals surface area contributed by atoms with Crippen LogP contribution in [0, 0.1) is 23.2 Å². The molecule has 4 aliphatic rings. The zero-order valence-corrected chi connectivity index (χ0v) is 16.6. The van der Waals surface area contributed by atoms with E-state index in [0.29, 0.717) is 29.3 Å². The molecule has 0 aromatic heterocycles. The summed E-state index contributed by atoms with van der Waals surface area (Å²) < 4.78 is 15.7. The Kier molecular flexibility index (Phi) is 5.17. The number of benzene rings is 1. The molecule has 0 unspecified atom stereocenters. The maximum Gasteiger partial charge on any atom is 0.331 e. The molecule has 0 radical (unpaired) electrons. The van der Waals surface area contributed by atoms with E-state index in [-0.39, 0.29) is 17.8 Å². The van der Waals surface area contributed by atoms with Crippen LogP contribution in [0.2, 0.25) is 0 Å². The number of ketones is 1. The number of carbonyl (C=O) groups is 2. The number of methoxy groups -OCH3 is 2. The fourth-order valence-electron chi connectivity index (χ4n) is 5.88. The number of rotatable bonds is 7. The molecule has 4 bridgehead atoms. The first-order valence-corrected chi connectivity index (χ1v) is 10.1. The molecule has 0 heterocycles. The largest absolute Gasteiger partial charge is 0.497 e. The number of hydrogen-bond donors (Lipinski definition) is 0. The minimum atomic E-state index is -0.500. The van der Waals surface area contributed by atoms with E-state index in [1.165, 1.54) is 25.3 Å². The van der Waals surface area contributed by atoms with Gasteiger partial charge in [-0.25, -0.2) is 4.79 Å². The van der Waals surface area contributed by atoms with Gasteiger partial charge in [0.2, 0.25) is 0 Å². The van der Waals surface area contributed by atoms with E-state index in [9.17, 15) is 9.59 Å². The lowest BCUT2D eigenvalue weighted by molar-refractivity contribution is -0.155. The van der Waals surface area contributed by atoms with Crippen LogP contribution >= 0.6 is 0 Å². The van der Waals surface area contributed by atoms with Gasteiger partial charge >= 0.3 is 5.97 Å². The Morgan fingerprint density at radius 2 is 1.50 bits per heavy atom. The highest BCUT2D eigenvalue weighted by atomic mass is 16.5. The van der Waals surface area contributed by atoms with Crippen LogP contribution in [0.4, 0.5) is 0 Å². The Hall–Kier alpha value is -2.30. The van der Waals surface area contributed by atoms with E-state index < -0.39 is 5.97 Å². The number of Topliss-reactive ketones (excluding diaryl/α,β-unsaturated/α-hetero) is 1. The molecule has 4 fully saturated rings. The summed E-state index contributed by atoms with van der Waals surface area (Å²) in [5.41, 5.74) is 0.541. The van der Waals surface area contributed by atoms with E-state index in [1.54, 1.807) is 38.5 Å². The molecule has 1 aromatic rings. The average Bonchev–Trinajstić information content (AvgIpc) is 2.69. The Bertz CT molecular complexity index is 737. The first-order valence-electron chi connectivity index (χ1n) is 10.1. The van der Waals surface area contributed by atoms with Gasteiger partial charge in [-0.1, -0.05) is 0 Å². The Morgan fingerprint density at radius 1 is 0.964 bits per heavy atom. The predicted octanol–water partition coefficient (Wildman–Crippen LogP) is 4.05. The van der Waals surface area contributed by atoms with Crippen molar-refractivity contribution in [2.75, 3.05) is 20.8 Å². The maximum atomic E-state index is 12.9. The average molecular weight is 384 g/mol. The Labute approximate surface area is 166 Å². The fourth-order valence-corrected chi connectivity index (χ4v) is 5.88. The summed E-state index contributed by atoms with van der Waals surface area (Å²) in [6.07, 6.45) is 9.85. The van der Waals surface area contributed by atoms with Gasteiger partial charge in [0, 0.05) is 17.6 Å². The topological polar surface area (TPSA) is 61.8 Å². The highest BCUT2D eigenvalue weighted by molar-refractivity contribution is 5.91. The van der Waals surface area contributed by atoms with Gasteiger partial charge in [-0.2, -0.15) is 0 Å². The molecule has 0 atom stereocenters. The highest BCUT2D eigenvalue weighted by Gasteiger charge is 2.54. The third-order valence-corrected chi connectivity index (χ3v) is 6.76. The second-order valence-corrected chi connectivity index (χ2v) is 8.71. The predicted molar refractivity (Wildman–Crippen MR) is 105 cm³/mol. The van der Waals surface area contributed by atoms with Gasteiger partial charge in [-0.3, -0.25) is 4.79 Å². The molecule has 4 saturated carbocycles. The summed E-state index contributed by atoms with van der Waals surface area (Å²) >= 11 is 0. The molecule has 0 aliphatic heterocycles. The molecule has 5 nitrogen and oxygen atoms in total. The molecule has 0 saturated heterocycles. The molecule has 4 aliphatic carbocycles. The van der Waals surface area contributed by atoms with Crippen LogP contribution in [0.1, 0.15) is 44.1 Å². The van der Waals surface area contributed by atoms with Crippen molar-refractivity contribution in [2.45, 2.75) is 38.5 Å². The van der Waals surface area contributed by atoms with Crippen molar-refractivity contribution in [2.24, 2.45) is 23.2 Å². The number of esters is 1. The minimum Gasteiger partial charge on any atom is -0.497 e. The zero-order valence-electron chi connectivity index (χ0n) is 16.6. The SMILES string of the molecule is COc1cc(/C=C/C(=O)OCC(=O)C23CC4CC(CC(C4)C2)C3)cc(OC)c1. The van der Waals surface area contributed by atoms with E-state index in [4.69, 9.17) is 14.2 Å². The van der Waals surface area contributed by atoms with Crippen molar-refractivity contribution in [3.63, 3.8) is 0 Å². The third kappa shape index (κ3) is 3.80. The van der Waals surface area contributed by atoms with Crippen LogP contribution in [0.3, 0.4) is 0 Å². The zero-order chi connectivity index (χ0) is 19.7. The van der Waals surface area contributed by atoms with Crippen LogP contribution in [0.15, 0.2) is 24.3 Å². The van der Waals surface area contributed by atoms with E-state index >= 15 is 0 Å². The van der Waals surface area contributed by atoms with Crippen molar-refractivity contribution in [1.29, 1.82) is 0 Å². The second kappa shape index (κ2) is 7.61. The first-order chi connectivity index (χ1) is 13.5. The molecule has 5 rings (SSSR count). The lowest BCUT2D eigenvalue weighted by atomic mass is 9.48. The molecule has 0 N–H and O–H groups in total. The fraction of sp³-hybridized carbons (Fsp3) is 0.565. The van der Waals surface area contributed by atoms with Gasteiger partial charge in [0.15, 0.2) is 12.4 Å². The van der Waals surface area contributed by atoms with Gasteiger partial charge in [0.25, 0.3) is 0 Å². The molecular weight excluding hydrogens is 356 g/mol. The molecule has 1 aromatic carbocycles. The van der Waals surface area contributed by atoms with Gasteiger partial charge in [-0.15, -0.1) is 0 Å². The summed E-state index contributed by atoms with van der Waals surface area (Å²) in [5.74, 6) is 3.02. The highest BCUT2D eigenvalue weighted by Crippen LogP contribution is 2.60. The van der Waals surface area contributed by atoms with E-state index in [0.717, 1.165) is 24.8 Å². The lowest BCUT2D eigenvalue weighted by Gasteiger charge is -2.55.